The summed E-state index contributed by atoms with van der Waals surface area (Å²) < 4.78 is 0. The van der Waals surface area contributed by atoms with Gasteiger partial charge in [0.1, 0.15) is 0 Å². The Labute approximate surface area is 118 Å². The Kier molecular flexibility index (Phi) is 4.51. The molecule has 0 amide bonds. The molecule has 0 aliphatic heterocycles. The zero-order valence-electron chi connectivity index (χ0n) is 10.3. The van der Waals surface area contributed by atoms with E-state index in [0.29, 0.717) is 0 Å². The van der Waals surface area contributed by atoms with Crippen LogP contribution >= 0.6 is 23.4 Å². The lowest BCUT2D eigenvalue weighted by molar-refractivity contribution is 1.37. The van der Waals surface area contributed by atoms with E-state index in [0.717, 1.165) is 16.3 Å². The standard InChI is InChI=1S/C16H15ClS/c1-12(2)14-5-3-4-13(10-14)11-18-16-8-6-15(17)7-9-16/h3-10H,1,11H2,2H3. The minimum atomic E-state index is 0.781. The number of rotatable bonds is 4. The first-order chi connectivity index (χ1) is 8.65. The topological polar surface area (TPSA) is 0 Å². The second-order valence-corrected chi connectivity index (χ2v) is 5.71. The summed E-state index contributed by atoms with van der Waals surface area (Å²) in [4.78, 5) is 1.24. The molecule has 0 bridgehead atoms. The third-order valence-corrected chi connectivity index (χ3v) is 3.97. The zero-order chi connectivity index (χ0) is 13.0. The molecule has 0 saturated carbocycles. The maximum atomic E-state index is 5.87. The number of hydrogen-bond donors (Lipinski definition) is 0. The Bertz CT molecular complexity index is 543. The highest BCUT2D eigenvalue weighted by Gasteiger charge is 1.99. The lowest BCUT2D eigenvalue weighted by atomic mass is 10.1. The minimum Gasteiger partial charge on any atom is -0.121 e. The van der Waals surface area contributed by atoms with Crippen molar-refractivity contribution < 1.29 is 0 Å². The van der Waals surface area contributed by atoms with Gasteiger partial charge >= 0.3 is 0 Å². The highest BCUT2D eigenvalue weighted by molar-refractivity contribution is 7.98. The van der Waals surface area contributed by atoms with E-state index < -0.39 is 0 Å². The van der Waals surface area contributed by atoms with Crippen LogP contribution in [-0.4, -0.2) is 0 Å². The van der Waals surface area contributed by atoms with Crippen molar-refractivity contribution in [2.75, 3.05) is 0 Å². The van der Waals surface area contributed by atoms with Crippen LogP contribution in [0.15, 0.2) is 60.0 Å². The molecule has 2 heteroatoms. The third kappa shape index (κ3) is 3.66. The van der Waals surface area contributed by atoms with E-state index in [1.54, 1.807) is 0 Å². The molecule has 0 unspecified atom stereocenters. The molecule has 0 aliphatic carbocycles. The van der Waals surface area contributed by atoms with Gasteiger partial charge in [0.25, 0.3) is 0 Å². The van der Waals surface area contributed by atoms with Gasteiger partial charge in [-0.3, -0.25) is 0 Å². The number of halogens is 1. The molecular formula is C16H15ClS. The van der Waals surface area contributed by atoms with Crippen molar-refractivity contribution in [2.24, 2.45) is 0 Å². The van der Waals surface area contributed by atoms with Crippen LogP contribution in [0.25, 0.3) is 5.57 Å². The summed E-state index contributed by atoms with van der Waals surface area (Å²) in [5.41, 5.74) is 3.63. The first-order valence-electron chi connectivity index (χ1n) is 5.78. The number of thioether (sulfide) groups is 1. The van der Waals surface area contributed by atoms with Crippen LogP contribution in [0, 0.1) is 0 Å². The Balaban J connectivity index is 2.04. The fourth-order valence-electron chi connectivity index (χ4n) is 1.62. The maximum absolute atomic E-state index is 5.87. The van der Waals surface area contributed by atoms with E-state index in [2.05, 4.69) is 43.0 Å². The quantitative estimate of drug-likeness (QED) is 0.648. The van der Waals surface area contributed by atoms with Gasteiger partial charge in [0.05, 0.1) is 0 Å². The molecule has 0 spiro atoms. The Morgan fingerprint density at radius 1 is 1.17 bits per heavy atom. The van der Waals surface area contributed by atoms with Gasteiger partial charge in [0, 0.05) is 15.7 Å². The Morgan fingerprint density at radius 3 is 2.56 bits per heavy atom. The SMILES string of the molecule is C=C(C)c1cccc(CSc2ccc(Cl)cc2)c1. The van der Waals surface area contributed by atoms with Crippen LogP contribution in [0.2, 0.25) is 5.02 Å². The molecule has 0 fully saturated rings. The molecule has 0 radical (unpaired) electrons. The van der Waals surface area contributed by atoms with E-state index >= 15 is 0 Å². The van der Waals surface area contributed by atoms with Gasteiger partial charge in [-0.2, -0.15) is 0 Å². The number of allylic oxidation sites excluding steroid dienone is 1. The van der Waals surface area contributed by atoms with Crippen molar-refractivity contribution in [3.8, 4) is 0 Å². The summed E-state index contributed by atoms with van der Waals surface area (Å²) >= 11 is 7.68. The fraction of sp³-hybridized carbons (Fsp3) is 0.125. The zero-order valence-corrected chi connectivity index (χ0v) is 11.9. The summed E-state index contributed by atoms with van der Waals surface area (Å²) in [7, 11) is 0. The van der Waals surface area contributed by atoms with Crippen molar-refractivity contribution in [3.63, 3.8) is 0 Å². The number of hydrogen-bond acceptors (Lipinski definition) is 1. The molecular weight excluding hydrogens is 260 g/mol. The van der Waals surface area contributed by atoms with Crippen LogP contribution in [0.5, 0.6) is 0 Å². The maximum Gasteiger partial charge on any atom is 0.0406 e. The van der Waals surface area contributed by atoms with Gasteiger partial charge in [-0.05, 0) is 42.3 Å². The normalized spacial score (nSPS) is 10.3. The average Bonchev–Trinajstić information content (AvgIpc) is 2.38. The minimum absolute atomic E-state index is 0.781. The Morgan fingerprint density at radius 2 is 1.89 bits per heavy atom. The summed E-state index contributed by atoms with van der Waals surface area (Å²) in [5, 5.41) is 0.781. The molecule has 2 aromatic rings. The van der Waals surface area contributed by atoms with Gasteiger partial charge in [0.15, 0.2) is 0 Å². The largest absolute Gasteiger partial charge is 0.121 e. The van der Waals surface area contributed by atoms with Crippen LogP contribution in [0.1, 0.15) is 18.1 Å². The molecule has 92 valence electrons. The van der Waals surface area contributed by atoms with Crippen molar-refractivity contribution >= 4 is 28.9 Å². The summed E-state index contributed by atoms with van der Waals surface area (Å²) in [6, 6.07) is 16.5. The molecule has 0 saturated heterocycles. The molecule has 0 heterocycles. The molecule has 18 heavy (non-hydrogen) atoms. The highest BCUT2D eigenvalue weighted by atomic mass is 35.5. The second kappa shape index (κ2) is 6.12. The van der Waals surface area contributed by atoms with Crippen molar-refractivity contribution in [2.45, 2.75) is 17.6 Å². The van der Waals surface area contributed by atoms with Gasteiger partial charge in [-0.15, -0.1) is 11.8 Å². The van der Waals surface area contributed by atoms with E-state index in [4.69, 9.17) is 11.6 Å². The highest BCUT2D eigenvalue weighted by Crippen LogP contribution is 2.25. The first kappa shape index (κ1) is 13.3. The molecule has 2 rings (SSSR count). The smallest absolute Gasteiger partial charge is 0.0406 e. The van der Waals surface area contributed by atoms with Gasteiger partial charge in [-0.25, -0.2) is 0 Å². The monoisotopic (exact) mass is 274 g/mol. The predicted molar refractivity (Wildman–Crippen MR) is 82.2 cm³/mol. The second-order valence-electron chi connectivity index (χ2n) is 4.22. The van der Waals surface area contributed by atoms with E-state index in [1.807, 2.05) is 30.8 Å². The van der Waals surface area contributed by atoms with E-state index in [1.165, 1.54) is 16.0 Å². The molecule has 0 N–H and O–H groups in total. The summed E-state index contributed by atoms with van der Waals surface area (Å²) in [6.07, 6.45) is 0. The summed E-state index contributed by atoms with van der Waals surface area (Å²) in [6.45, 7) is 6.01. The lowest BCUT2D eigenvalue weighted by Gasteiger charge is -2.05. The Hall–Kier alpha value is -1.18. The number of benzene rings is 2. The van der Waals surface area contributed by atoms with Gasteiger partial charge < -0.3 is 0 Å². The molecule has 0 nitrogen and oxygen atoms in total. The van der Waals surface area contributed by atoms with Crippen molar-refractivity contribution in [1.82, 2.24) is 0 Å². The van der Waals surface area contributed by atoms with E-state index in [-0.39, 0.29) is 0 Å². The van der Waals surface area contributed by atoms with Crippen LogP contribution in [0.3, 0.4) is 0 Å². The molecule has 0 aliphatic rings. The molecule has 2 aromatic carbocycles. The first-order valence-corrected chi connectivity index (χ1v) is 7.15. The average molecular weight is 275 g/mol. The van der Waals surface area contributed by atoms with Crippen LogP contribution in [-0.2, 0) is 5.75 Å². The molecule has 0 aromatic heterocycles. The lowest BCUT2D eigenvalue weighted by Crippen LogP contribution is -1.84. The third-order valence-electron chi connectivity index (χ3n) is 2.64. The van der Waals surface area contributed by atoms with Gasteiger partial charge in [-0.1, -0.05) is 48.0 Å². The van der Waals surface area contributed by atoms with Crippen molar-refractivity contribution in [3.05, 3.63) is 71.3 Å². The summed E-state index contributed by atoms with van der Waals surface area (Å²) in [5.74, 6) is 0.961. The van der Waals surface area contributed by atoms with Gasteiger partial charge in [0.2, 0.25) is 0 Å². The van der Waals surface area contributed by atoms with E-state index in [9.17, 15) is 0 Å². The van der Waals surface area contributed by atoms with Crippen LogP contribution < -0.4 is 0 Å². The van der Waals surface area contributed by atoms with Crippen LogP contribution in [0.4, 0.5) is 0 Å². The van der Waals surface area contributed by atoms with Crippen molar-refractivity contribution in [1.29, 1.82) is 0 Å². The molecule has 0 atom stereocenters. The fourth-order valence-corrected chi connectivity index (χ4v) is 2.59. The predicted octanol–water partition coefficient (Wildman–Crippen LogP) is 5.67.